The number of rotatable bonds is 3. The van der Waals surface area contributed by atoms with Crippen LogP contribution in [0, 0.1) is 0 Å². The van der Waals surface area contributed by atoms with Crippen molar-refractivity contribution in [2.75, 3.05) is 6.61 Å². The maximum Gasteiger partial charge on any atom is 0.272 e. The molecular weight excluding hydrogens is 204 g/mol. The van der Waals surface area contributed by atoms with Gasteiger partial charge in [0.1, 0.15) is 5.69 Å². The first-order valence-corrected chi connectivity index (χ1v) is 6.00. The molecule has 0 bridgehead atoms. The van der Waals surface area contributed by atoms with Crippen LogP contribution in [0.5, 0.6) is 0 Å². The summed E-state index contributed by atoms with van der Waals surface area (Å²) in [6.45, 7) is 2.36. The monoisotopic (exact) mass is 222 g/mol. The summed E-state index contributed by atoms with van der Waals surface area (Å²) in [5, 5.41) is 9.03. The van der Waals surface area contributed by atoms with E-state index in [1.807, 2.05) is 6.92 Å². The number of aryl methyl sites for hydroxylation is 2. The lowest BCUT2D eigenvalue weighted by atomic mass is 9.99. The van der Waals surface area contributed by atoms with Crippen LogP contribution in [0.3, 0.4) is 0 Å². The molecule has 1 aromatic rings. The van der Waals surface area contributed by atoms with Crippen LogP contribution in [0.4, 0.5) is 0 Å². The quantitative estimate of drug-likeness (QED) is 0.818. The van der Waals surface area contributed by atoms with Crippen molar-refractivity contribution in [2.45, 2.75) is 45.6 Å². The topological polar surface area (TPSA) is 55.1 Å². The average Bonchev–Trinajstić information content (AvgIpc) is 2.32. The second kappa shape index (κ2) is 4.78. The number of hydrogen-bond acceptors (Lipinski definition) is 3. The molecule has 1 heterocycles. The maximum absolute atomic E-state index is 12.1. The Morgan fingerprint density at radius 2 is 2.12 bits per heavy atom. The zero-order chi connectivity index (χ0) is 11.5. The molecule has 0 radical (unpaired) electrons. The van der Waals surface area contributed by atoms with E-state index in [4.69, 9.17) is 5.11 Å². The normalized spacial score (nSPS) is 14.9. The van der Waals surface area contributed by atoms with Crippen molar-refractivity contribution in [1.82, 2.24) is 9.55 Å². The minimum Gasteiger partial charge on any atom is -0.395 e. The summed E-state index contributed by atoms with van der Waals surface area (Å²) in [5.41, 5.74) is 2.73. The Balaban J connectivity index is 2.57. The maximum atomic E-state index is 12.1. The van der Waals surface area contributed by atoms with E-state index in [0.29, 0.717) is 18.7 Å². The van der Waals surface area contributed by atoms with Crippen molar-refractivity contribution in [3.8, 4) is 0 Å². The van der Waals surface area contributed by atoms with Crippen molar-refractivity contribution in [1.29, 1.82) is 0 Å². The smallest absolute Gasteiger partial charge is 0.272 e. The van der Waals surface area contributed by atoms with Crippen molar-refractivity contribution >= 4 is 0 Å². The van der Waals surface area contributed by atoms with E-state index in [0.717, 1.165) is 37.1 Å². The lowest BCUT2D eigenvalue weighted by Gasteiger charge is -2.20. The van der Waals surface area contributed by atoms with Gasteiger partial charge in [-0.3, -0.25) is 9.78 Å². The first-order chi connectivity index (χ1) is 7.77. The fourth-order valence-corrected chi connectivity index (χ4v) is 2.34. The van der Waals surface area contributed by atoms with Gasteiger partial charge in [-0.15, -0.1) is 0 Å². The highest BCUT2D eigenvalue weighted by Gasteiger charge is 2.17. The molecule has 0 atom stereocenters. The van der Waals surface area contributed by atoms with Gasteiger partial charge >= 0.3 is 0 Å². The van der Waals surface area contributed by atoms with Crippen molar-refractivity contribution in [2.24, 2.45) is 0 Å². The molecule has 0 unspecified atom stereocenters. The number of aliphatic hydroxyl groups is 1. The van der Waals surface area contributed by atoms with Crippen LogP contribution in [0.25, 0.3) is 0 Å². The third-order valence-corrected chi connectivity index (χ3v) is 3.16. The second-order valence-corrected chi connectivity index (χ2v) is 4.19. The van der Waals surface area contributed by atoms with E-state index in [2.05, 4.69) is 4.98 Å². The van der Waals surface area contributed by atoms with Gasteiger partial charge in [-0.05, 0) is 32.1 Å². The molecule has 0 aromatic carbocycles. The van der Waals surface area contributed by atoms with E-state index in [1.54, 1.807) is 4.57 Å². The molecule has 0 aliphatic heterocycles. The van der Waals surface area contributed by atoms with Crippen molar-refractivity contribution in [3.63, 3.8) is 0 Å². The Morgan fingerprint density at radius 1 is 1.38 bits per heavy atom. The Bertz CT molecular complexity index is 437. The molecule has 88 valence electrons. The van der Waals surface area contributed by atoms with Gasteiger partial charge in [0, 0.05) is 12.2 Å². The largest absolute Gasteiger partial charge is 0.395 e. The molecule has 0 spiro atoms. The fourth-order valence-electron chi connectivity index (χ4n) is 2.34. The molecule has 4 heteroatoms. The summed E-state index contributed by atoms with van der Waals surface area (Å²) in [6.07, 6.45) is 4.82. The minimum atomic E-state index is -0.0165. The lowest BCUT2D eigenvalue weighted by molar-refractivity contribution is 0.270. The number of aliphatic hydroxyl groups excluding tert-OH is 1. The van der Waals surface area contributed by atoms with Gasteiger partial charge in [-0.2, -0.15) is 0 Å². The van der Waals surface area contributed by atoms with E-state index in [-0.39, 0.29) is 12.2 Å². The zero-order valence-corrected chi connectivity index (χ0v) is 9.70. The van der Waals surface area contributed by atoms with E-state index in [1.165, 1.54) is 0 Å². The van der Waals surface area contributed by atoms with Gasteiger partial charge in [0.2, 0.25) is 0 Å². The van der Waals surface area contributed by atoms with Crippen LogP contribution in [-0.2, 0) is 25.8 Å². The number of fused-ring (bicyclic) bond motifs is 1. The third-order valence-electron chi connectivity index (χ3n) is 3.16. The predicted octanol–water partition coefficient (Wildman–Crippen LogP) is 0.677. The van der Waals surface area contributed by atoms with Gasteiger partial charge in [0.15, 0.2) is 0 Å². The summed E-state index contributed by atoms with van der Waals surface area (Å²) >= 11 is 0. The Morgan fingerprint density at radius 3 is 2.81 bits per heavy atom. The molecule has 0 amide bonds. The molecule has 16 heavy (non-hydrogen) atoms. The van der Waals surface area contributed by atoms with E-state index >= 15 is 0 Å². The van der Waals surface area contributed by atoms with Gasteiger partial charge < -0.3 is 9.67 Å². The molecule has 1 aliphatic rings. The Labute approximate surface area is 95.0 Å². The summed E-state index contributed by atoms with van der Waals surface area (Å²) in [5.74, 6) is 0. The minimum absolute atomic E-state index is 0.0134. The average molecular weight is 222 g/mol. The molecule has 1 aliphatic carbocycles. The first-order valence-electron chi connectivity index (χ1n) is 6.00. The highest BCUT2D eigenvalue weighted by atomic mass is 16.3. The summed E-state index contributed by atoms with van der Waals surface area (Å²) in [7, 11) is 0. The third kappa shape index (κ3) is 1.89. The van der Waals surface area contributed by atoms with Crippen LogP contribution in [0.1, 0.15) is 36.8 Å². The number of nitrogens with zero attached hydrogens (tertiary/aromatic N) is 2. The highest BCUT2D eigenvalue weighted by Crippen LogP contribution is 2.18. The van der Waals surface area contributed by atoms with Crippen LogP contribution in [0.15, 0.2) is 4.79 Å². The highest BCUT2D eigenvalue weighted by molar-refractivity contribution is 5.19. The van der Waals surface area contributed by atoms with Crippen LogP contribution >= 0.6 is 0 Å². The van der Waals surface area contributed by atoms with E-state index in [9.17, 15) is 4.79 Å². The van der Waals surface area contributed by atoms with Crippen molar-refractivity contribution in [3.05, 3.63) is 27.4 Å². The fraction of sp³-hybridized carbons (Fsp3) is 0.667. The Hall–Kier alpha value is -1.16. The zero-order valence-electron chi connectivity index (χ0n) is 9.70. The second-order valence-electron chi connectivity index (χ2n) is 4.19. The SMILES string of the molecule is CCc1nc2c(n(CCO)c1=O)CCCC2. The van der Waals surface area contributed by atoms with E-state index < -0.39 is 0 Å². The predicted molar refractivity (Wildman–Crippen MR) is 61.6 cm³/mol. The van der Waals surface area contributed by atoms with Gasteiger partial charge in [0.05, 0.1) is 12.3 Å². The van der Waals surface area contributed by atoms with Gasteiger partial charge in [0.25, 0.3) is 5.56 Å². The number of hydrogen-bond donors (Lipinski definition) is 1. The molecule has 0 saturated heterocycles. The number of aromatic nitrogens is 2. The molecule has 1 aromatic heterocycles. The molecule has 1 N–H and O–H groups in total. The van der Waals surface area contributed by atoms with Gasteiger partial charge in [-0.25, -0.2) is 0 Å². The molecule has 0 fully saturated rings. The Kier molecular flexibility index (Phi) is 3.39. The van der Waals surface area contributed by atoms with Crippen molar-refractivity contribution < 1.29 is 5.11 Å². The first kappa shape index (κ1) is 11.3. The van der Waals surface area contributed by atoms with Crippen LogP contribution < -0.4 is 5.56 Å². The summed E-state index contributed by atoms with van der Waals surface area (Å²) in [6, 6.07) is 0. The summed E-state index contributed by atoms with van der Waals surface area (Å²) < 4.78 is 1.72. The standard InChI is InChI=1S/C12H18N2O2/c1-2-9-12(16)14(7-8-15)11-6-4-3-5-10(11)13-9/h15H,2-8H2,1H3. The molecule has 2 rings (SSSR count). The molecular formula is C12H18N2O2. The van der Waals surface area contributed by atoms with Crippen LogP contribution in [0.2, 0.25) is 0 Å². The molecule has 0 saturated carbocycles. The van der Waals surface area contributed by atoms with Crippen LogP contribution in [-0.4, -0.2) is 21.3 Å². The van der Waals surface area contributed by atoms with Gasteiger partial charge in [-0.1, -0.05) is 6.92 Å². The lowest BCUT2D eigenvalue weighted by Crippen LogP contribution is -2.32. The summed E-state index contributed by atoms with van der Waals surface area (Å²) in [4.78, 5) is 16.5. The molecule has 4 nitrogen and oxygen atoms in total.